The van der Waals surface area contributed by atoms with Crippen molar-refractivity contribution in [3.63, 3.8) is 0 Å². The van der Waals surface area contributed by atoms with E-state index < -0.39 is 16.4 Å². The number of nitrogens with zero attached hydrogens (tertiary/aromatic N) is 1. The number of benzene rings is 1. The number of nitrogens with two attached hydrogens (primary N) is 1. The SMILES string of the molecule is Cc1ccc([N+](=O)[O-])c(OCC(C)(N)C(=O)O)c1. The first-order chi connectivity index (χ1) is 8.24. The van der Waals surface area contributed by atoms with Crippen molar-refractivity contribution in [3.05, 3.63) is 33.9 Å². The maximum Gasteiger partial charge on any atom is 0.326 e. The Morgan fingerprint density at radius 2 is 2.22 bits per heavy atom. The number of hydrogen-bond acceptors (Lipinski definition) is 5. The molecule has 1 unspecified atom stereocenters. The van der Waals surface area contributed by atoms with Gasteiger partial charge in [-0.1, -0.05) is 6.07 Å². The van der Waals surface area contributed by atoms with E-state index in [1.807, 2.05) is 0 Å². The predicted octanol–water partition coefficient (Wildman–Crippen LogP) is 1.08. The van der Waals surface area contributed by atoms with E-state index in [2.05, 4.69) is 0 Å². The minimum Gasteiger partial charge on any atom is -0.484 e. The Labute approximate surface area is 103 Å². The molecule has 18 heavy (non-hydrogen) atoms. The van der Waals surface area contributed by atoms with Gasteiger partial charge < -0.3 is 15.6 Å². The second kappa shape index (κ2) is 5.01. The highest BCUT2D eigenvalue weighted by atomic mass is 16.6. The molecule has 0 saturated heterocycles. The van der Waals surface area contributed by atoms with Crippen LogP contribution >= 0.6 is 0 Å². The third-order valence-electron chi connectivity index (χ3n) is 2.33. The van der Waals surface area contributed by atoms with Crippen LogP contribution in [0.2, 0.25) is 0 Å². The van der Waals surface area contributed by atoms with Crippen molar-refractivity contribution in [1.82, 2.24) is 0 Å². The van der Waals surface area contributed by atoms with Gasteiger partial charge in [-0.25, -0.2) is 0 Å². The molecule has 98 valence electrons. The molecular weight excluding hydrogens is 240 g/mol. The highest BCUT2D eigenvalue weighted by Gasteiger charge is 2.30. The van der Waals surface area contributed by atoms with Crippen LogP contribution in [-0.4, -0.2) is 28.1 Å². The Kier molecular flexibility index (Phi) is 3.87. The van der Waals surface area contributed by atoms with Crippen LogP contribution in [0.4, 0.5) is 5.69 Å². The van der Waals surface area contributed by atoms with Gasteiger partial charge in [0.2, 0.25) is 0 Å². The monoisotopic (exact) mass is 254 g/mol. The fourth-order valence-electron chi connectivity index (χ4n) is 1.18. The predicted molar refractivity (Wildman–Crippen MR) is 63.6 cm³/mol. The van der Waals surface area contributed by atoms with E-state index >= 15 is 0 Å². The van der Waals surface area contributed by atoms with Crippen LogP contribution in [0.25, 0.3) is 0 Å². The molecule has 0 bridgehead atoms. The minimum atomic E-state index is -1.60. The van der Waals surface area contributed by atoms with Crippen LogP contribution in [-0.2, 0) is 4.79 Å². The molecule has 0 fully saturated rings. The van der Waals surface area contributed by atoms with Gasteiger partial charge in [0.1, 0.15) is 12.1 Å². The van der Waals surface area contributed by atoms with Crippen LogP contribution in [0.5, 0.6) is 5.75 Å². The summed E-state index contributed by atoms with van der Waals surface area (Å²) in [7, 11) is 0. The summed E-state index contributed by atoms with van der Waals surface area (Å²) in [5, 5.41) is 19.6. The third-order valence-corrected chi connectivity index (χ3v) is 2.33. The Balaban J connectivity index is 2.94. The highest BCUT2D eigenvalue weighted by Crippen LogP contribution is 2.28. The average molecular weight is 254 g/mol. The molecule has 0 aliphatic rings. The quantitative estimate of drug-likeness (QED) is 0.600. The molecule has 0 radical (unpaired) electrons. The lowest BCUT2D eigenvalue weighted by molar-refractivity contribution is -0.385. The standard InChI is InChI=1S/C11H14N2O5/c1-7-3-4-8(13(16)17)9(5-7)18-6-11(2,12)10(14)15/h3-5H,6,12H2,1-2H3,(H,14,15). The van der Waals surface area contributed by atoms with Gasteiger partial charge in [0.15, 0.2) is 5.75 Å². The zero-order valence-electron chi connectivity index (χ0n) is 10.0. The van der Waals surface area contributed by atoms with Gasteiger partial charge in [0.25, 0.3) is 0 Å². The Hall–Kier alpha value is -2.15. The fourth-order valence-corrected chi connectivity index (χ4v) is 1.18. The van der Waals surface area contributed by atoms with E-state index in [1.165, 1.54) is 19.1 Å². The number of aliphatic carboxylic acids is 1. The highest BCUT2D eigenvalue weighted by molar-refractivity contribution is 5.78. The molecule has 0 amide bonds. The summed E-state index contributed by atoms with van der Waals surface area (Å²) in [6.45, 7) is 2.67. The number of hydrogen-bond donors (Lipinski definition) is 2. The maximum atomic E-state index is 10.8. The molecule has 0 aliphatic heterocycles. The number of carboxylic acid groups (broad SMARTS) is 1. The van der Waals surface area contributed by atoms with E-state index in [0.29, 0.717) is 0 Å². The average Bonchev–Trinajstić information content (AvgIpc) is 2.26. The van der Waals surface area contributed by atoms with Gasteiger partial charge in [-0.05, 0) is 25.5 Å². The molecule has 7 heteroatoms. The molecule has 7 nitrogen and oxygen atoms in total. The Morgan fingerprint density at radius 3 is 2.72 bits per heavy atom. The molecule has 0 aliphatic carbocycles. The van der Waals surface area contributed by atoms with E-state index in [4.69, 9.17) is 15.6 Å². The van der Waals surface area contributed by atoms with Crippen LogP contribution in [0.3, 0.4) is 0 Å². The van der Waals surface area contributed by atoms with E-state index in [1.54, 1.807) is 13.0 Å². The molecule has 0 spiro atoms. The summed E-state index contributed by atoms with van der Waals surface area (Å²) in [6.07, 6.45) is 0. The van der Waals surface area contributed by atoms with Gasteiger partial charge >= 0.3 is 11.7 Å². The van der Waals surface area contributed by atoms with E-state index in [-0.39, 0.29) is 18.0 Å². The number of carbonyl (C=O) groups is 1. The summed E-state index contributed by atoms with van der Waals surface area (Å²) in [5.41, 5.74) is 4.43. The van der Waals surface area contributed by atoms with E-state index in [0.717, 1.165) is 5.56 Å². The molecule has 1 aromatic carbocycles. The first-order valence-electron chi connectivity index (χ1n) is 5.14. The van der Waals surface area contributed by atoms with Gasteiger partial charge in [-0.2, -0.15) is 0 Å². The molecule has 1 atom stereocenters. The zero-order chi connectivity index (χ0) is 13.9. The summed E-state index contributed by atoms with van der Waals surface area (Å²) in [5.74, 6) is -1.23. The van der Waals surface area contributed by atoms with Crippen LogP contribution in [0.1, 0.15) is 12.5 Å². The summed E-state index contributed by atoms with van der Waals surface area (Å²) >= 11 is 0. The van der Waals surface area contributed by atoms with Crippen molar-refractivity contribution in [2.75, 3.05) is 6.61 Å². The normalized spacial score (nSPS) is 13.7. The van der Waals surface area contributed by atoms with Gasteiger partial charge in [0, 0.05) is 6.07 Å². The maximum absolute atomic E-state index is 10.8. The Morgan fingerprint density at radius 1 is 1.61 bits per heavy atom. The van der Waals surface area contributed by atoms with Crippen molar-refractivity contribution >= 4 is 11.7 Å². The summed E-state index contributed by atoms with van der Waals surface area (Å²) in [6, 6.07) is 4.35. The first kappa shape index (κ1) is 13.9. The second-order valence-electron chi connectivity index (χ2n) is 4.24. The fraction of sp³-hybridized carbons (Fsp3) is 0.364. The lowest BCUT2D eigenvalue weighted by Gasteiger charge is -2.19. The van der Waals surface area contributed by atoms with Gasteiger partial charge in [-0.3, -0.25) is 14.9 Å². The lowest BCUT2D eigenvalue weighted by atomic mass is 10.1. The van der Waals surface area contributed by atoms with E-state index in [9.17, 15) is 14.9 Å². The molecular formula is C11H14N2O5. The number of rotatable bonds is 5. The smallest absolute Gasteiger partial charge is 0.326 e. The van der Waals surface area contributed by atoms with Crippen LogP contribution in [0.15, 0.2) is 18.2 Å². The molecule has 1 rings (SSSR count). The molecule has 1 aromatic rings. The Bertz CT molecular complexity index is 484. The van der Waals surface area contributed by atoms with Crippen LogP contribution in [0, 0.1) is 17.0 Å². The molecule has 3 N–H and O–H groups in total. The lowest BCUT2D eigenvalue weighted by Crippen LogP contribution is -2.50. The van der Waals surface area contributed by atoms with Gasteiger partial charge in [-0.15, -0.1) is 0 Å². The number of nitro benzene ring substituents is 1. The number of ether oxygens (including phenoxy) is 1. The molecule has 0 heterocycles. The number of aryl methyl sites for hydroxylation is 1. The summed E-state index contributed by atoms with van der Waals surface area (Å²) < 4.78 is 5.16. The number of carboxylic acids is 1. The third kappa shape index (κ3) is 3.17. The van der Waals surface area contributed by atoms with Crippen LogP contribution < -0.4 is 10.5 Å². The summed E-state index contributed by atoms with van der Waals surface area (Å²) in [4.78, 5) is 21.0. The molecule has 0 aromatic heterocycles. The van der Waals surface area contributed by atoms with Gasteiger partial charge in [0.05, 0.1) is 4.92 Å². The topological polar surface area (TPSA) is 116 Å². The number of nitro groups is 1. The van der Waals surface area contributed by atoms with Crippen molar-refractivity contribution in [1.29, 1.82) is 0 Å². The van der Waals surface area contributed by atoms with Crippen molar-refractivity contribution in [2.24, 2.45) is 5.73 Å². The first-order valence-corrected chi connectivity index (χ1v) is 5.14. The second-order valence-corrected chi connectivity index (χ2v) is 4.24. The van der Waals surface area contributed by atoms with Crippen molar-refractivity contribution < 1.29 is 19.6 Å². The zero-order valence-corrected chi connectivity index (χ0v) is 10.0. The minimum absolute atomic E-state index is 0.0120. The van der Waals surface area contributed by atoms with Crippen molar-refractivity contribution in [3.8, 4) is 5.75 Å². The van der Waals surface area contributed by atoms with Crippen molar-refractivity contribution in [2.45, 2.75) is 19.4 Å². The molecule has 0 saturated carbocycles. The largest absolute Gasteiger partial charge is 0.484 e.